The summed E-state index contributed by atoms with van der Waals surface area (Å²) in [6.07, 6.45) is 5.86. The number of ether oxygens (including phenoxy) is 1. The van der Waals surface area contributed by atoms with Crippen molar-refractivity contribution in [3.05, 3.63) is 72.0 Å². The number of halogens is 2. The van der Waals surface area contributed by atoms with Gasteiger partial charge < -0.3 is 24.4 Å². The van der Waals surface area contributed by atoms with Crippen molar-refractivity contribution in [3.8, 4) is 5.69 Å². The minimum absolute atomic E-state index is 0. The number of benzene rings is 1. The molecule has 162 valence electrons. The number of nitrogens with one attached hydrogen (secondary N) is 2. The molecule has 0 radical (unpaired) electrons. The van der Waals surface area contributed by atoms with E-state index in [9.17, 15) is 4.39 Å². The summed E-state index contributed by atoms with van der Waals surface area (Å²) in [5, 5.41) is 6.41. The number of aliphatic imine (C=N–C) groups is 1. The van der Waals surface area contributed by atoms with Crippen molar-refractivity contribution in [1.82, 2.24) is 20.2 Å². The molecule has 0 saturated carbocycles. The number of hydrogen-bond donors (Lipinski definition) is 2. The van der Waals surface area contributed by atoms with Crippen molar-refractivity contribution >= 4 is 29.9 Å². The molecule has 30 heavy (non-hydrogen) atoms. The number of guanidine groups is 1. The van der Waals surface area contributed by atoms with E-state index in [1.807, 2.05) is 25.1 Å². The summed E-state index contributed by atoms with van der Waals surface area (Å²) in [6.45, 7) is 4.11. The summed E-state index contributed by atoms with van der Waals surface area (Å²) in [4.78, 5) is 8.32. The van der Waals surface area contributed by atoms with Gasteiger partial charge in [-0.15, -0.1) is 24.0 Å². The Morgan fingerprint density at radius 2 is 2.17 bits per heavy atom. The average molecular weight is 527 g/mol. The molecule has 0 bridgehead atoms. The molecule has 3 aromatic rings. The monoisotopic (exact) mass is 527 g/mol. The Morgan fingerprint density at radius 3 is 2.83 bits per heavy atom. The molecule has 0 saturated heterocycles. The first-order valence-corrected chi connectivity index (χ1v) is 9.51. The summed E-state index contributed by atoms with van der Waals surface area (Å²) in [7, 11) is 1.70. The summed E-state index contributed by atoms with van der Waals surface area (Å²) in [5.41, 5.74) is 1.31. The van der Waals surface area contributed by atoms with Gasteiger partial charge in [0.1, 0.15) is 24.0 Å². The van der Waals surface area contributed by atoms with Crippen molar-refractivity contribution in [1.29, 1.82) is 0 Å². The lowest BCUT2D eigenvalue weighted by Crippen LogP contribution is -2.37. The molecule has 2 heterocycles. The van der Waals surface area contributed by atoms with Gasteiger partial charge in [-0.05, 0) is 43.2 Å². The SMILES string of the molecule is CN=C(NCCCOCc1ccco1)NCc1ccc(-n2ccnc2C)c(F)c1.I. The van der Waals surface area contributed by atoms with Gasteiger partial charge >= 0.3 is 0 Å². The quantitative estimate of drug-likeness (QED) is 0.192. The van der Waals surface area contributed by atoms with E-state index in [1.54, 1.807) is 36.3 Å². The number of furan rings is 1. The van der Waals surface area contributed by atoms with E-state index in [4.69, 9.17) is 9.15 Å². The van der Waals surface area contributed by atoms with Crippen molar-refractivity contribution in [3.63, 3.8) is 0 Å². The van der Waals surface area contributed by atoms with Crippen molar-refractivity contribution in [2.24, 2.45) is 4.99 Å². The minimum Gasteiger partial charge on any atom is -0.467 e. The standard InChI is InChI=1S/C21H26FN5O2.HI/c1-16-24-9-10-27(16)20-7-6-17(13-19(20)22)14-26-21(23-2)25-8-4-11-28-15-18-5-3-12-29-18;/h3,5-7,9-10,12-13H,4,8,11,14-15H2,1-2H3,(H2,23,25,26);1H. The van der Waals surface area contributed by atoms with Crippen LogP contribution in [0.5, 0.6) is 0 Å². The average Bonchev–Trinajstić information content (AvgIpc) is 3.39. The van der Waals surface area contributed by atoms with E-state index in [2.05, 4.69) is 20.6 Å². The highest BCUT2D eigenvalue weighted by molar-refractivity contribution is 14.0. The van der Waals surface area contributed by atoms with Crippen molar-refractivity contribution in [2.75, 3.05) is 20.2 Å². The topological polar surface area (TPSA) is 76.6 Å². The molecule has 0 spiro atoms. The van der Waals surface area contributed by atoms with Crippen LogP contribution in [0.25, 0.3) is 5.69 Å². The van der Waals surface area contributed by atoms with Crippen LogP contribution in [-0.2, 0) is 17.9 Å². The second-order valence-corrected chi connectivity index (χ2v) is 6.47. The third-order valence-electron chi connectivity index (χ3n) is 4.36. The van der Waals surface area contributed by atoms with Gasteiger partial charge in [-0.2, -0.15) is 0 Å². The molecule has 0 aliphatic heterocycles. The van der Waals surface area contributed by atoms with Gasteiger partial charge in [-0.3, -0.25) is 4.99 Å². The predicted octanol–water partition coefficient (Wildman–Crippen LogP) is 3.80. The van der Waals surface area contributed by atoms with E-state index in [0.717, 1.165) is 23.6 Å². The number of imidazole rings is 1. The summed E-state index contributed by atoms with van der Waals surface area (Å²) < 4.78 is 27.0. The molecular formula is C21H27FIN5O2. The largest absolute Gasteiger partial charge is 0.467 e. The fourth-order valence-corrected chi connectivity index (χ4v) is 2.84. The van der Waals surface area contributed by atoms with Gasteiger partial charge in [0.25, 0.3) is 0 Å². The van der Waals surface area contributed by atoms with Crippen LogP contribution in [0.1, 0.15) is 23.6 Å². The Kier molecular flexibility index (Phi) is 9.81. The maximum atomic E-state index is 14.5. The number of aryl methyl sites for hydroxylation is 1. The van der Waals surface area contributed by atoms with Crippen LogP contribution < -0.4 is 10.6 Å². The molecule has 0 aliphatic rings. The van der Waals surface area contributed by atoms with Gasteiger partial charge in [0.15, 0.2) is 5.96 Å². The molecule has 7 nitrogen and oxygen atoms in total. The summed E-state index contributed by atoms with van der Waals surface area (Å²) in [6, 6.07) is 8.90. The zero-order valence-corrected chi connectivity index (χ0v) is 19.4. The van der Waals surface area contributed by atoms with Gasteiger partial charge in [0.05, 0.1) is 12.0 Å². The van der Waals surface area contributed by atoms with Crippen LogP contribution in [-0.4, -0.2) is 35.7 Å². The Morgan fingerprint density at radius 1 is 1.30 bits per heavy atom. The van der Waals surface area contributed by atoms with Crippen LogP contribution in [0.4, 0.5) is 4.39 Å². The number of aromatic nitrogens is 2. The van der Waals surface area contributed by atoms with Crippen LogP contribution in [0, 0.1) is 12.7 Å². The summed E-state index contributed by atoms with van der Waals surface area (Å²) >= 11 is 0. The highest BCUT2D eigenvalue weighted by Gasteiger charge is 2.08. The van der Waals surface area contributed by atoms with Crippen LogP contribution in [0.3, 0.4) is 0 Å². The molecule has 1 aromatic carbocycles. The lowest BCUT2D eigenvalue weighted by molar-refractivity contribution is 0.105. The second kappa shape index (κ2) is 12.3. The van der Waals surface area contributed by atoms with Gasteiger partial charge in [-0.1, -0.05) is 6.07 Å². The molecule has 3 rings (SSSR count). The molecule has 2 N–H and O–H groups in total. The highest BCUT2D eigenvalue weighted by Crippen LogP contribution is 2.16. The first kappa shape index (κ1) is 23.9. The summed E-state index contributed by atoms with van der Waals surface area (Å²) in [5.74, 6) is 1.93. The Labute approximate surface area is 192 Å². The van der Waals surface area contributed by atoms with Crippen molar-refractivity contribution in [2.45, 2.75) is 26.5 Å². The number of rotatable bonds is 9. The smallest absolute Gasteiger partial charge is 0.191 e. The fourth-order valence-electron chi connectivity index (χ4n) is 2.84. The van der Waals surface area contributed by atoms with Gasteiger partial charge in [-0.25, -0.2) is 9.37 Å². The third-order valence-corrected chi connectivity index (χ3v) is 4.36. The molecule has 0 fully saturated rings. The van der Waals surface area contributed by atoms with Crippen LogP contribution in [0.15, 0.2) is 58.4 Å². The van der Waals surface area contributed by atoms with E-state index >= 15 is 0 Å². The van der Waals surface area contributed by atoms with E-state index in [1.165, 1.54) is 6.07 Å². The first-order valence-electron chi connectivity index (χ1n) is 9.51. The third kappa shape index (κ3) is 6.84. The maximum Gasteiger partial charge on any atom is 0.191 e. The van der Waals surface area contributed by atoms with Gasteiger partial charge in [0, 0.05) is 39.1 Å². The van der Waals surface area contributed by atoms with Crippen molar-refractivity contribution < 1.29 is 13.5 Å². The Balaban J connectivity index is 0.00000320. The minimum atomic E-state index is -0.290. The molecule has 0 aliphatic carbocycles. The first-order chi connectivity index (χ1) is 14.2. The van der Waals surface area contributed by atoms with Crippen LogP contribution >= 0.6 is 24.0 Å². The maximum absolute atomic E-state index is 14.5. The molecule has 0 amide bonds. The van der Waals surface area contributed by atoms with Gasteiger partial charge in [0.2, 0.25) is 0 Å². The Hall–Kier alpha value is -2.40. The molecule has 2 aromatic heterocycles. The Bertz CT molecular complexity index is 927. The lowest BCUT2D eigenvalue weighted by Gasteiger charge is -2.13. The zero-order valence-electron chi connectivity index (χ0n) is 17.1. The van der Waals surface area contributed by atoms with E-state index < -0.39 is 0 Å². The van der Waals surface area contributed by atoms with E-state index in [0.29, 0.717) is 38.0 Å². The second-order valence-electron chi connectivity index (χ2n) is 6.47. The molecule has 0 unspecified atom stereocenters. The van der Waals surface area contributed by atoms with Crippen LogP contribution in [0.2, 0.25) is 0 Å². The van der Waals surface area contributed by atoms with E-state index in [-0.39, 0.29) is 29.8 Å². The number of nitrogens with zero attached hydrogens (tertiary/aromatic N) is 3. The predicted molar refractivity (Wildman–Crippen MR) is 125 cm³/mol. The lowest BCUT2D eigenvalue weighted by atomic mass is 10.2. The molecule has 0 atom stereocenters. The normalized spacial score (nSPS) is 11.2. The number of hydrogen-bond acceptors (Lipinski definition) is 4. The fraction of sp³-hybridized carbons (Fsp3) is 0.333. The molecule has 9 heteroatoms. The highest BCUT2D eigenvalue weighted by atomic mass is 127. The zero-order chi connectivity index (χ0) is 20.5. The molecular weight excluding hydrogens is 500 g/mol.